The van der Waals surface area contributed by atoms with Gasteiger partial charge in [-0.25, -0.2) is 0 Å². The fraction of sp³-hybridized carbons (Fsp3) is 0. The van der Waals surface area contributed by atoms with E-state index in [0.29, 0.717) is 10.5 Å². The van der Waals surface area contributed by atoms with Gasteiger partial charge in [-0.1, -0.05) is 72.4 Å². The van der Waals surface area contributed by atoms with E-state index in [4.69, 9.17) is 11.1 Å². The molecule has 0 unspecified atom stereocenters. The Labute approximate surface area is 132 Å². The Balaban J connectivity index is 2.31. The quantitative estimate of drug-likeness (QED) is 0.292. The topological polar surface area (TPSA) is 84.0 Å². The van der Waals surface area contributed by atoms with Crippen LogP contribution in [0.15, 0.2) is 66.7 Å². The molecule has 0 spiro atoms. The minimum absolute atomic E-state index is 0.143. The Hall–Kier alpha value is -2.66. The predicted molar refractivity (Wildman–Crippen MR) is 89.7 cm³/mol. The second-order valence-electron chi connectivity index (χ2n) is 4.40. The van der Waals surface area contributed by atoms with Gasteiger partial charge in [-0.15, -0.1) is 0 Å². The average Bonchev–Trinajstić information content (AvgIpc) is 2.54. The summed E-state index contributed by atoms with van der Waals surface area (Å²) in [6.45, 7) is 0. The molecule has 0 aliphatic rings. The third-order valence-electron chi connectivity index (χ3n) is 2.80. The maximum absolute atomic E-state index is 12.2. The van der Waals surface area contributed by atoms with Gasteiger partial charge in [0.15, 0.2) is 5.17 Å². The number of hydrogen-bond acceptors (Lipinski definition) is 4. The summed E-state index contributed by atoms with van der Waals surface area (Å²) in [6, 6.07) is 17.4. The van der Waals surface area contributed by atoms with Gasteiger partial charge in [0.2, 0.25) is 11.6 Å². The van der Waals surface area contributed by atoms with E-state index in [9.17, 15) is 9.59 Å². The van der Waals surface area contributed by atoms with Crippen molar-refractivity contribution in [3.05, 3.63) is 77.9 Å². The molecule has 0 fully saturated rings. The number of rotatable bonds is 5. The molecular weight excluding hydrogens is 296 g/mol. The van der Waals surface area contributed by atoms with Crippen molar-refractivity contribution in [2.45, 2.75) is 0 Å². The van der Waals surface area contributed by atoms with E-state index in [1.54, 1.807) is 42.5 Å². The summed E-state index contributed by atoms with van der Waals surface area (Å²) < 4.78 is 0. The fourth-order valence-corrected chi connectivity index (χ4v) is 2.47. The van der Waals surface area contributed by atoms with Crippen LogP contribution in [0, 0.1) is 5.41 Å². The van der Waals surface area contributed by atoms with Crippen LogP contribution in [0.2, 0.25) is 0 Å². The van der Waals surface area contributed by atoms with Crippen LogP contribution in [0.3, 0.4) is 0 Å². The minimum atomic E-state index is -0.640. The number of carbonyl (C=O) groups is 2. The third-order valence-corrected chi connectivity index (χ3v) is 3.59. The standard InChI is InChI=1S/C17H14N2O2S/c18-17(19)22-15(12-7-3-1-4-8-12)11-14(20)16(21)13-9-5-2-6-10-13/h1-11H,(H3,18,19)/b15-11-. The molecule has 0 radical (unpaired) electrons. The van der Waals surface area contributed by atoms with Crippen molar-refractivity contribution < 1.29 is 9.59 Å². The van der Waals surface area contributed by atoms with Gasteiger partial charge >= 0.3 is 0 Å². The highest BCUT2D eigenvalue weighted by Crippen LogP contribution is 2.27. The molecule has 0 amide bonds. The van der Waals surface area contributed by atoms with Crippen molar-refractivity contribution in [3.63, 3.8) is 0 Å². The summed E-state index contributed by atoms with van der Waals surface area (Å²) in [7, 11) is 0. The zero-order valence-electron chi connectivity index (χ0n) is 11.7. The first-order valence-electron chi connectivity index (χ1n) is 6.50. The molecule has 22 heavy (non-hydrogen) atoms. The summed E-state index contributed by atoms with van der Waals surface area (Å²) >= 11 is 0.943. The first-order valence-corrected chi connectivity index (χ1v) is 7.32. The highest BCUT2D eigenvalue weighted by molar-refractivity contribution is 8.21. The molecule has 0 bridgehead atoms. The number of hydrogen-bond donors (Lipinski definition) is 2. The zero-order valence-corrected chi connectivity index (χ0v) is 12.5. The van der Waals surface area contributed by atoms with Crippen molar-refractivity contribution in [1.82, 2.24) is 0 Å². The first-order chi connectivity index (χ1) is 10.6. The van der Waals surface area contributed by atoms with Crippen LogP contribution in [0.25, 0.3) is 4.91 Å². The van der Waals surface area contributed by atoms with Gasteiger partial charge in [-0.2, -0.15) is 0 Å². The molecule has 5 heteroatoms. The van der Waals surface area contributed by atoms with Crippen molar-refractivity contribution in [2.75, 3.05) is 0 Å². The van der Waals surface area contributed by atoms with Crippen LogP contribution in [0.5, 0.6) is 0 Å². The molecule has 0 aliphatic carbocycles. The van der Waals surface area contributed by atoms with Crippen LogP contribution >= 0.6 is 11.8 Å². The van der Waals surface area contributed by atoms with Gasteiger partial charge in [0, 0.05) is 16.5 Å². The van der Waals surface area contributed by atoms with Gasteiger partial charge in [0.25, 0.3) is 0 Å². The zero-order chi connectivity index (χ0) is 15.9. The summed E-state index contributed by atoms with van der Waals surface area (Å²) in [5.41, 5.74) is 6.47. The Bertz CT molecular complexity index is 725. The second kappa shape index (κ2) is 7.38. The molecule has 0 saturated heterocycles. The van der Waals surface area contributed by atoms with E-state index in [-0.39, 0.29) is 5.17 Å². The van der Waals surface area contributed by atoms with Crippen LogP contribution < -0.4 is 5.73 Å². The number of allylic oxidation sites excluding steroid dienone is 1. The monoisotopic (exact) mass is 310 g/mol. The van der Waals surface area contributed by atoms with Crippen LogP contribution in [-0.2, 0) is 4.79 Å². The molecule has 2 aromatic carbocycles. The molecule has 0 atom stereocenters. The summed E-state index contributed by atoms with van der Waals surface area (Å²) in [5.74, 6) is -1.23. The fourth-order valence-electron chi connectivity index (χ4n) is 1.81. The molecule has 3 N–H and O–H groups in total. The lowest BCUT2D eigenvalue weighted by Crippen LogP contribution is -2.12. The van der Waals surface area contributed by atoms with Crippen LogP contribution in [0.4, 0.5) is 0 Å². The average molecular weight is 310 g/mol. The largest absolute Gasteiger partial charge is 0.378 e. The van der Waals surface area contributed by atoms with Gasteiger partial charge in [-0.05, 0) is 5.56 Å². The van der Waals surface area contributed by atoms with Crippen LogP contribution in [0.1, 0.15) is 15.9 Å². The Kier molecular flexibility index (Phi) is 5.27. The molecule has 110 valence electrons. The van der Waals surface area contributed by atoms with E-state index in [1.807, 2.05) is 18.2 Å². The number of nitrogens with one attached hydrogen (secondary N) is 1. The SMILES string of the molecule is N=C(N)S/C(=C\C(=O)C(=O)c1ccccc1)c1ccccc1. The van der Waals surface area contributed by atoms with E-state index >= 15 is 0 Å². The number of amidine groups is 1. The number of nitrogens with two attached hydrogens (primary N) is 1. The maximum Gasteiger partial charge on any atom is 0.232 e. The maximum atomic E-state index is 12.2. The second-order valence-corrected chi connectivity index (χ2v) is 5.48. The number of Topliss-reactive ketones (excluding diaryl/α,β-unsaturated/α-hetero) is 1. The molecule has 4 nitrogen and oxygen atoms in total. The van der Waals surface area contributed by atoms with Crippen molar-refractivity contribution >= 4 is 33.4 Å². The first kappa shape index (κ1) is 15.7. The molecule has 0 aliphatic heterocycles. The van der Waals surface area contributed by atoms with Crippen molar-refractivity contribution in [2.24, 2.45) is 5.73 Å². The van der Waals surface area contributed by atoms with Crippen molar-refractivity contribution in [1.29, 1.82) is 5.41 Å². The number of ketones is 2. The number of benzene rings is 2. The van der Waals surface area contributed by atoms with Crippen LogP contribution in [-0.4, -0.2) is 16.7 Å². The molecule has 0 heterocycles. The highest BCUT2D eigenvalue weighted by atomic mass is 32.2. The summed E-state index contributed by atoms with van der Waals surface area (Å²) in [6.07, 6.45) is 1.23. The van der Waals surface area contributed by atoms with E-state index in [1.165, 1.54) is 6.08 Å². The molecule has 2 aromatic rings. The third kappa shape index (κ3) is 4.17. The van der Waals surface area contributed by atoms with E-state index in [0.717, 1.165) is 17.3 Å². The Morgan fingerprint density at radius 3 is 1.91 bits per heavy atom. The number of carbonyl (C=O) groups excluding carboxylic acids is 2. The smallest absolute Gasteiger partial charge is 0.232 e. The molecule has 0 saturated carbocycles. The summed E-state index contributed by atoms with van der Waals surface area (Å²) in [5, 5.41) is 7.25. The normalized spacial score (nSPS) is 11.0. The predicted octanol–water partition coefficient (Wildman–Crippen LogP) is 3.11. The van der Waals surface area contributed by atoms with Gasteiger partial charge in [-0.3, -0.25) is 15.0 Å². The van der Waals surface area contributed by atoms with E-state index in [2.05, 4.69) is 0 Å². The van der Waals surface area contributed by atoms with Crippen molar-refractivity contribution in [3.8, 4) is 0 Å². The summed E-state index contributed by atoms with van der Waals surface area (Å²) in [4.78, 5) is 24.7. The number of thioether (sulfide) groups is 1. The highest BCUT2D eigenvalue weighted by Gasteiger charge is 2.16. The van der Waals surface area contributed by atoms with Gasteiger partial charge < -0.3 is 5.73 Å². The molecule has 0 aromatic heterocycles. The lowest BCUT2D eigenvalue weighted by molar-refractivity contribution is -0.110. The van der Waals surface area contributed by atoms with Gasteiger partial charge in [0.05, 0.1) is 0 Å². The lowest BCUT2D eigenvalue weighted by Gasteiger charge is -2.06. The molecule has 2 rings (SSSR count). The minimum Gasteiger partial charge on any atom is -0.378 e. The Morgan fingerprint density at radius 2 is 1.41 bits per heavy atom. The Morgan fingerprint density at radius 1 is 0.909 bits per heavy atom. The molecular formula is C17H14N2O2S. The van der Waals surface area contributed by atoms with E-state index < -0.39 is 11.6 Å². The van der Waals surface area contributed by atoms with Gasteiger partial charge in [0.1, 0.15) is 0 Å². The lowest BCUT2D eigenvalue weighted by atomic mass is 10.1.